The number of benzene rings is 2. The molecule has 4 rings (SSSR count). The van der Waals surface area contributed by atoms with Crippen molar-refractivity contribution in [2.45, 2.75) is 13.5 Å². The van der Waals surface area contributed by atoms with Gasteiger partial charge < -0.3 is 20.4 Å². The van der Waals surface area contributed by atoms with Gasteiger partial charge in [0.25, 0.3) is 11.8 Å². The Labute approximate surface area is 204 Å². The molecule has 0 atom stereocenters. The molecule has 176 valence electrons. The number of aromatic nitrogens is 1. The molecule has 0 spiro atoms. The second kappa shape index (κ2) is 11.1. The van der Waals surface area contributed by atoms with Gasteiger partial charge >= 0.3 is 0 Å². The third-order valence-corrected chi connectivity index (χ3v) is 6.10. The first-order chi connectivity index (χ1) is 16.6. The number of anilines is 2. The molecule has 1 saturated heterocycles. The van der Waals surface area contributed by atoms with Gasteiger partial charge in [0.1, 0.15) is 5.82 Å². The van der Waals surface area contributed by atoms with Crippen molar-refractivity contribution < 1.29 is 9.59 Å². The molecule has 1 aromatic heterocycles. The van der Waals surface area contributed by atoms with Crippen molar-refractivity contribution in [2.75, 3.05) is 42.9 Å². The van der Waals surface area contributed by atoms with Gasteiger partial charge in [0.2, 0.25) is 0 Å². The molecule has 7 nitrogen and oxygen atoms in total. The standard InChI is InChI=1S/C26H28ClN5O2/c1-2-31(18-19-8-4-3-5-9-19)26(34)22-16-20(17-29-24(22)32-14-12-28-13-15-32)30-25(33)21-10-6-7-11-23(21)27/h3-11,16-17,28H,2,12-15,18H2,1H3,(H,30,33). The molecular formula is C26H28ClN5O2. The Morgan fingerprint density at radius 2 is 1.76 bits per heavy atom. The zero-order valence-corrected chi connectivity index (χ0v) is 19.9. The van der Waals surface area contributed by atoms with Crippen LogP contribution in [0.3, 0.4) is 0 Å². The van der Waals surface area contributed by atoms with E-state index in [-0.39, 0.29) is 11.8 Å². The number of nitrogens with zero attached hydrogens (tertiary/aromatic N) is 3. The first kappa shape index (κ1) is 23.7. The quantitative estimate of drug-likeness (QED) is 0.536. The second-order valence-electron chi connectivity index (χ2n) is 8.07. The first-order valence-corrected chi connectivity index (χ1v) is 11.8. The van der Waals surface area contributed by atoms with Crippen LogP contribution in [0.4, 0.5) is 11.5 Å². The summed E-state index contributed by atoms with van der Waals surface area (Å²) in [6, 6.07) is 18.5. The molecule has 1 aliphatic heterocycles. The molecule has 2 heterocycles. The van der Waals surface area contributed by atoms with E-state index in [4.69, 9.17) is 11.6 Å². The van der Waals surface area contributed by atoms with E-state index in [0.29, 0.717) is 40.7 Å². The highest BCUT2D eigenvalue weighted by molar-refractivity contribution is 6.34. The average Bonchev–Trinajstić information content (AvgIpc) is 2.88. The Morgan fingerprint density at radius 1 is 1.06 bits per heavy atom. The van der Waals surface area contributed by atoms with Crippen LogP contribution in [0.2, 0.25) is 5.02 Å². The molecule has 1 aliphatic rings. The fraction of sp³-hybridized carbons (Fsp3) is 0.269. The maximum atomic E-state index is 13.7. The number of carbonyl (C=O) groups is 2. The summed E-state index contributed by atoms with van der Waals surface area (Å²) in [5, 5.41) is 6.53. The topological polar surface area (TPSA) is 77.6 Å². The van der Waals surface area contributed by atoms with Crippen LogP contribution in [0.5, 0.6) is 0 Å². The lowest BCUT2D eigenvalue weighted by Crippen LogP contribution is -2.45. The van der Waals surface area contributed by atoms with Crippen LogP contribution < -0.4 is 15.5 Å². The number of pyridine rings is 1. The monoisotopic (exact) mass is 477 g/mol. The number of hydrogen-bond donors (Lipinski definition) is 2. The Hall–Kier alpha value is -3.42. The van der Waals surface area contributed by atoms with E-state index in [9.17, 15) is 9.59 Å². The van der Waals surface area contributed by atoms with E-state index in [1.807, 2.05) is 37.3 Å². The first-order valence-electron chi connectivity index (χ1n) is 11.4. The van der Waals surface area contributed by atoms with E-state index in [1.165, 1.54) is 0 Å². The summed E-state index contributed by atoms with van der Waals surface area (Å²) < 4.78 is 0. The molecule has 1 fully saturated rings. The van der Waals surface area contributed by atoms with Crippen LogP contribution in [0.15, 0.2) is 66.9 Å². The lowest BCUT2D eigenvalue weighted by molar-refractivity contribution is 0.0752. The van der Waals surface area contributed by atoms with Gasteiger partial charge in [0.15, 0.2) is 0 Å². The summed E-state index contributed by atoms with van der Waals surface area (Å²) in [5.41, 5.74) is 2.33. The molecule has 0 aliphatic carbocycles. The Kier molecular flexibility index (Phi) is 7.77. The third-order valence-electron chi connectivity index (χ3n) is 5.78. The van der Waals surface area contributed by atoms with E-state index >= 15 is 0 Å². The largest absolute Gasteiger partial charge is 0.353 e. The fourth-order valence-corrected chi connectivity index (χ4v) is 4.18. The van der Waals surface area contributed by atoms with Crippen molar-refractivity contribution in [3.8, 4) is 0 Å². The van der Waals surface area contributed by atoms with Crippen molar-refractivity contribution >= 4 is 34.9 Å². The van der Waals surface area contributed by atoms with Crippen LogP contribution in [0, 0.1) is 0 Å². The van der Waals surface area contributed by atoms with Crippen molar-refractivity contribution in [3.63, 3.8) is 0 Å². The highest BCUT2D eigenvalue weighted by atomic mass is 35.5. The predicted octanol–water partition coefficient (Wildman–Crippen LogP) is 4.06. The number of halogens is 1. The fourth-order valence-electron chi connectivity index (χ4n) is 3.96. The van der Waals surface area contributed by atoms with Gasteiger partial charge in [0, 0.05) is 39.3 Å². The van der Waals surface area contributed by atoms with Crippen LogP contribution in [0.1, 0.15) is 33.2 Å². The van der Waals surface area contributed by atoms with E-state index in [0.717, 1.165) is 31.7 Å². The summed E-state index contributed by atoms with van der Waals surface area (Å²) in [4.78, 5) is 35.0. The van der Waals surface area contributed by atoms with Crippen molar-refractivity contribution in [3.05, 3.63) is 88.6 Å². The summed E-state index contributed by atoms with van der Waals surface area (Å²) in [6.07, 6.45) is 1.59. The van der Waals surface area contributed by atoms with Gasteiger partial charge in [-0.1, -0.05) is 54.1 Å². The van der Waals surface area contributed by atoms with Crippen LogP contribution in [-0.2, 0) is 6.54 Å². The summed E-state index contributed by atoms with van der Waals surface area (Å²) in [6.45, 7) is 6.15. The van der Waals surface area contributed by atoms with Crippen molar-refractivity contribution in [1.29, 1.82) is 0 Å². The second-order valence-corrected chi connectivity index (χ2v) is 8.48. The Bertz CT molecular complexity index is 1150. The van der Waals surface area contributed by atoms with Crippen LogP contribution in [0.25, 0.3) is 0 Å². The molecule has 8 heteroatoms. The Morgan fingerprint density at radius 3 is 2.47 bits per heavy atom. The molecule has 3 aromatic rings. The maximum absolute atomic E-state index is 13.7. The van der Waals surface area contributed by atoms with Crippen molar-refractivity contribution in [1.82, 2.24) is 15.2 Å². The number of rotatable bonds is 7. The molecule has 2 aromatic carbocycles. The van der Waals surface area contributed by atoms with Gasteiger partial charge in [-0.3, -0.25) is 9.59 Å². The molecule has 2 N–H and O–H groups in total. The van der Waals surface area contributed by atoms with Gasteiger partial charge in [-0.05, 0) is 30.7 Å². The minimum atomic E-state index is -0.350. The molecule has 0 radical (unpaired) electrons. The highest BCUT2D eigenvalue weighted by Gasteiger charge is 2.24. The minimum absolute atomic E-state index is 0.124. The molecule has 34 heavy (non-hydrogen) atoms. The zero-order valence-electron chi connectivity index (χ0n) is 19.1. The van der Waals surface area contributed by atoms with Gasteiger partial charge in [-0.25, -0.2) is 4.98 Å². The van der Waals surface area contributed by atoms with Gasteiger partial charge in [-0.15, -0.1) is 0 Å². The summed E-state index contributed by atoms with van der Waals surface area (Å²) in [7, 11) is 0. The molecule has 0 unspecified atom stereocenters. The van der Waals surface area contributed by atoms with E-state index in [2.05, 4.69) is 20.5 Å². The summed E-state index contributed by atoms with van der Waals surface area (Å²) in [5.74, 6) is 0.160. The lowest BCUT2D eigenvalue weighted by atomic mass is 10.1. The SMILES string of the molecule is CCN(Cc1ccccc1)C(=O)c1cc(NC(=O)c2ccccc2Cl)cnc1N1CCNCC1. The molecule has 0 saturated carbocycles. The molecule has 0 bridgehead atoms. The number of nitrogens with one attached hydrogen (secondary N) is 2. The number of piperazine rings is 1. The number of hydrogen-bond acceptors (Lipinski definition) is 5. The average molecular weight is 478 g/mol. The smallest absolute Gasteiger partial charge is 0.257 e. The number of carbonyl (C=O) groups excluding carboxylic acids is 2. The minimum Gasteiger partial charge on any atom is -0.353 e. The molecular weight excluding hydrogens is 450 g/mol. The zero-order chi connectivity index (χ0) is 23.9. The maximum Gasteiger partial charge on any atom is 0.257 e. The highest BCUT2D eigenvalue weighted by Crippen LogP contribution is 2.25. The summed E-state index contributed by atoms with van der Waals surface area (Å²) >= 11 is 6.18. The van der Waals surface area contributed by atoms with Gasteiger partial charge in [-0.2, -0.15) is 0 Å². The van der Waals surface area contributed by atoms with Crippen LogP contribution in [-0.4, -0.2) is 54.4 Å². The third kappa shape index (κ3) is 5.55. The molecule has 2 amide bonds. The lowest BCUT2D eigenvalue weighted by Gasteiger charge is -2.31. The van der Waals surface area contributed by atoms with E-state index in [1.54, 1.807) is 41.4 Å². The van der Waals surface area contributed by atoms with Crippen LogP contribution >= 0.6 is 11.6 Å². The normalized spacial score (nSPS) is 13.4. The Balaban J connectivity index is 1.65. The van der Waals surface area contributed by atoms with Gasteiger partial charge in [0.05, 0.1) is 28.0 Å². The number of amides is 2. The van der Waals surface area contributed by atoms with Crippen molar-refractivity contribution in [2.24, 2.45) is 0 Å². The van der Waals surface area contributed by atoms with E-state index < -0.39 is 0 Å². The predicted molar refractivity (Wildman–Crippen MR) is 136 cm³/mol.